The number of benzene rings is 8. The SMILES string of the molecule is c1ccc(-c2cccc(N(c3ccc(-c4cccc5oc(-c6ccccc6)nc45)cc3)c3ccc4oc5c6ccccc6ccc5c4c3)c2)cc1. The van der Waals surface area contributed by atoms with Crippen molar-refractivity contribution in [3.05, 3.63) is 182 Å². The van der Waals surface area contributed by atoms with E-state index in [9.17, 15) is 0 Å². The Balaban J connectivity index is 1.11. The lowest BCUT2D eigenvalue weighted by Gasteiger charge is -2.26. The highest BCUT2D eigenvalue weighted by Crippen LogP contribution is 2.42. The molecule has 8 aromatic carbocycles. The quantitative estimate of drug-likeness (QED) is 0.179. The van der Waals surface area contributed by atoms with Crippen LogP contribution in [0.3, 0.4) is 0 Å². The summed E-state index contributed by atoms with van der Waals surface area (Å²) in [5, 5.41) is 4.48. The van der Waals surface area contributed by atoms with Gasteiger partial charge in [0.2, 0.25) is 5.89 Å². The highest BCUT2D eigenvalue weighted by molar-refractivity contribution is 6.15. The van der Waals surface area contributed by atoms with Crippen LogP contribution in [0.1, 0.15) is 0 Å². The van der Waals surface area contributed by atoms with Crippen LogP contribution in [-0.4, -0.2) is 4.98 Å². The van der Waals surface area contributed by atoms with Gasteiger partial charge in [-0.25, -0.2) is 4.98 Å². The molecule has 0 saturated heterocycles. The molecule has 0 atom stereocenters. The number of hydrogen-bond acceptors (Lipinski definition) is 4. The Bertz CT molecular complexity index is 2850. The molecule has 2 aromatic heterocycles. The summed E-state index contributed by atoms with van der Waals surface area (Å²) < 4.78 is 12.7. The predicted molar refractivity (Wildman–Crippen MR) is 210 cm³/mol. The van der Waals surface area contributed by atoms with Crippen LogP contribution in [0, 0.1) is 0 Å². The number of para-hydroxylation sites is 1. The van der Waals surface area contributed by atoms with E-state index in [0.717, 1.165) is 77.7 Å². The highest BCUT2D eigenvalue weighted by atomic mass is 16.3. The minimum absolute atomic E-state index is 0.620. The van der Waals surface area contributed by atoms with E-state index in [1.54, 1.807) is 0 Å². The van der Waals surface area contributed by atoms with Crippen LogP contribution >= 0.6 is 0 Å². The molecule has 240 valence electrons. The first-order chi connectivity index (χ1) is 25.3. The van der Waals surface area contributed by atoms with E-state index in [4.69, 9.17) is 13.8 Å². The Kier molecular flexibility index (Phi) is 6.78. The molecule has 0 fully saturated rings. The predicted octanol–water partition coefficient (Wildman–Crippen LogP) is 13.4. The molecule has 4 heteroatoms. The summed E-state index contributed by atoms with van der Waals surface area (Å²) in [6, 6.07) is 63.4. The molecule has 0 spiro atoms. The van der Waals surface area contributed by atoms with Gasteiger partial charge in [0.15, 0.2) is 5.58 Å². The van der Waals surface area contributed by atoms with E-state index in [-0.39, 0.29) is 0 Å². The van der Waals surface area contributed by atoms with Gasteiger partial charge in [-0.3, -0.25) is 0 Å². The number of rotatable bonds is 6. The van der Waals surface area contributed by atoms with Crippen LogP contribution in [0.25, 0.3) is 77.5 Å². The molecule has 51 heavy (non-hydrogen) atoms. The third kappa shape index (κ3) is 5.04. The number of anilines is 3. The number of aromatic nitrogens is 1. The molecule has 0 saturated carbocycles. The van der Waals surface area contributed by atoms with Crippen LogP contribution in [0.15, 0.2) is 191 Å². The van der Waals surface area contributed by atoms with Gasteiger partial charge in [0.1, 0.15) is 16.7 Å². The van der Waals surface area contributed by atoms with Gasteiger partial charge in [-0.05, 0) is 88.8 Å². The molecular formula is C47H30N2O2. The first kappa shape index (κ1) is 29.0. The van der Waals surface area contributed by atoms with Crippen molar-refractivity contribution in [3.8, 4) is 33.7 Å². The second-order valence-corrected chi connectivity index (χ2v) is 12.8. The number of hydrogen-bond donors (Lipinski definition) is 0. The number of nitrogens with zero attached hydrogens (tertiary/aromatic N) is 2. The number of oxazole rings is 1. The zero-order valence-corrected chi connectivity index (χ0v) is 27.5. The van der Waals surface area contributed by atoms with Gasteiger partial charge < -0.3 is 13.7 Å². The summed E-state index contributed by atoms with van der Waals surface area (Å²) in [5.41, 5.74) is 11.9. The molecule has 0 unspecified atom stereocenters. The molecular weight excluding hydrogens is 625 g/mol. The van der Waals surface area contributed by atoms with Crippen LogP contribution in [-0.2, 0) is 0 Å². The fourth-order valence-electron chi connectivity index (χ4n) is 7.21. The van der Waals surface area contributed by atoms with Crippen molar-refractivity contribution >= 4 is 60.9 Å². The summed E-state index contributed by atoms with van der Waals surface area (Å²) in [5.74, 6) is 0.620. The van der Waals surface area contributed by atoms with Crippen molar-refractivity contribution in [1.82, 2.24) is 4.98 Å². The summed E-state index contributed by atoms with van der Waals surface area (Å²) in [6.45, 7) is 0. The van der Waals surface area contributed by atoms with Gasteiger partial charge in [0.05, 0.1) is 0 Å². The van der Waals surface area contributed by atoms with E-state index in [1.165, 1.54) is 10.9 Å². The van der Waals surface area contributed by atoms with Gasteiger partial charge in [-0.2, -0.15) is 0 Å². The highest BCUT2D eigenvalue weighted by Gasteiger charge is 2.18. The van der Waals surface area contributed by atoms with Crippen molar-refractivity contribution < 1.29 is 8.83 Å². The Labute approximate surface area is 294 Å². The van der Waals surface area contributed by atoms with Crippen molar-refractivity contribution in [2.24, 2.45) is 0 Å². The zero-order valence-electron chi connectivity index (χ0n) is 27.5. The molecule has 0 aliphatic rings. The molecule has 4 nitrogen and oxygen atoms in total. The van der Waals surface area contributed by atoms with Crippen molar-refractivity contribution in [2.45, 2.75) is 0 Å². The van der Waals surface area contributed by atoms with E-state index >= 15 is 0 Å². The molecule has 0 radical (unpaired) electrons. The number of furan rings is 1. The van der Waals surface area contributed by atoms with E-state index in [0.29, 0.717) is 5.89 Å². The Morgan fingerprint density at radius 3 is 1.94 bits per heavy atom. The molecule has 0 amide bonds. The van der Waals surface area contributed by atoms with Crippen molar-refractivity contribution in [3.63, 3.8) is 0 Å². The lowest BCUT2D eigenvalue weighted by Crippen LogP contribution is -2.10. The smallest absolute Gasteiger partial charge is 0.227 e. The fraction of sp³-hybridized carbons (Fsp3) is 0. The van der Waals surface area contributed by atoms with Gasteiger partial charge in [-0.15, -0.1) is 0 Å². The molecule has 10 aromatic rings. The second-order valence-electron chi connectivity index (χ2n) is 12.8. The standard InChI is InChI=1S/C47H30N2O2/c1-3-11-31(12-4-1)35-16-9-17-37(29-35)49(38-26-28-43-42(30-38)41-27-23-32-13-7-8-18-40(32)46(41)50-43)36-24-21-33(22-25-36)39-19-10-20-44-45(39)48-47(51-44)34-14-5-2-6-15-34/h1-30H. The first-order valence-electron chi connectivity index (χ1n) is 17.1. The number of fused-ring (bicyclic) bond motifs is 6. The molecule has 0 N–H and O–H groups in total. The normalized spacial score (nSPS) is 11.5. The lowest BCUT2D eigenvalue weighted by atomic mass is 10.0. The average Bonchev–Trinajstić information content (AvgIpc) is 3.81. The monoisotopic (exact) mass is 654 g/mol. The Hall–Kier alpha value is -6.91. The molecule has 0 bridgehead atoms. The van der Waals surface area contributed by atoms with Gasteiger partial charge in [0.25, 0.3) is 0 Å². The molecule has 0 aliphatic heterocycles. The second kappa shape index (κ2) is 11.9. The summed E-state index contributed by atoms with van der Waals surface area (Å²) in [4.78, 5) is 7.25. The summed E-state index contributed by atoms with van der Waals surface area (Å²) >= 11 is 0. The third-order valence-corrected chi connectivity index (χ3v) is 9.69. The first-order valence-corrected chi connectivity index (χ1v) is 17.1. The zero-order chi connectivity index (χ0) is 33.7. The molecule has 10 rings (SSSR count). The van der Waals surface area contributed by atoms with Crippen LogP contribution in [0.4, 0.5) is 17.1 Å². The minimum atomic E-state index is 0.620. The maximum absolute atomic E-state index is 6.49. The van der Waals surface area contributed by atoms with Crippen molar-refractivity contribution in [1.29, 1.82) is 0 Å². The molecule has 0 aliphatic carbocycles. The van der Waals surface area contributed by atoms with E-state index in [1.807, 2.05) is 42.5 Å². The van der Waals surface area contributed by atoms with Gasteiger partial charge in [-0.1, -0.05) is 115 Å². The fourth-order valence-corrected chi connectivity index (χ4v) is 7.21. The van der Waals surface area contributed by atoms with E-state index in [2.05, 4.69) is 144 Å². The maximum atomic E-state index is 6.49. The Morgan fingerprint density at radius 1 is 0.392 bits per heavy atom. The van der Waals surface area contributed by atoms with Crippen molar-refractivity contribution in [2.75, 3.05) is 4.90 Å². The van der Waals surface area contributed by atoms with E-state index < -0.39 is 0 Å². The summed E-state index contributed by atoms with van der Waals surface area (Å²) in [6.07, 6.45) is 0. The average molecular weight is 655 g/mol. The third-order valence-electron chi connectivity index (χ3n) is 9.69. The largest absolute Gasteiger partial charge is 0.455 e. The molecule has 2 heterocycles. The lowest BCUT2D eigenvalue weighted by molar-refractivity contribution is 0.620. The minimum Gasteiger partial charge on any atom is -0.455 e. The maximum Gasteiger partial charge on any atom is 0.227 e. The topological polar surface area (TPSA) is 42.4 Å². The van der Waals surface area contributed by atoms with Gasteiger partial charge >= 0.3 is 0 Å². The Morgan fingerprint density at radius 2 is 1.10 bits per heavy atom. The summed E-state index contributed by atoms with van der Waals surface area (Å²) in [7, 11) is 0. The van der Waals surface area contributed by atoms with Crippen LogP contribution in [0.2, 0.25) is 0 Å². The van der Waals surface area contributed by atoms with Crippen LogP contribution < -0.4 is 4.90 Å². The van der Waals surface area contributed by atoms with Gasteiger partial charge in [0, 0.05) is 44.3 Å². The van der Waals surface area contributed by atoms with Crippen LogP contribution in [0.5, 0.6) is 0 Å².